The van der Waals surface area contributed by atoms with E-state index in [1.54, 1.807) is 18.2 Å². The summed E-state index contributed by atoms with van der Waals surface area (Å²) in [5.41, 5.74) is 9.71. The van der Waals surface area contributed by atoms with Crippen molar-refractivity contribution in [2.75, 3.05) is 0 Å². The van der Waals surface area contributed by atoms with Gasteiger partial charge < -0.3 is 14.4 Å². The van der Waals surface area contributed by atoms with Crippen LogP contribution in [0.15, 0.2) is 89.6 Å². The summed E-state index contributed by atoms with van der Waals surface area (Å²) in [5, 5.41) is 2.95. The molecular formula is C44H44FIrN3OSi-2. The molecule has 4 nitrogen and oxygen atoms in total. The molecule has 0 saturated carbocycles. The van der Waals surface area contributed by atoms with Crippen molar-refractivity contribution in [2.24, 2.45) is 5.92 Å². The Bertz CT molecular complexity index is 2420. The Morgan fingerprint density at radius 2 is 1.61 bits per heavy atom. The number of nitrogens with zero attached hydrogens (tertiary/aromatic N) is 3. The van der Waals surface area contributed by atoms with Crippen LogP contribution in [0.25, 0.3) is 55.7 Å². The van der Waals surface area contributed by atoms with Gasteiger partial charge in [-0.05, 0) is 85.4 Å². The molecule has 0 saturated heterocycles. The Hall–Kier alpha value is -4.29. The van der Waals surface area contributed by atoms with Gasteiger partial charge in [0.15, 0.2) is 0 Å². The maximum atomic E-state index is 14.9. The SMILES string of the molecule is CC(C)Cc1cc(-c2[c-]cccc2)ncc1[Si](C)(C)C.[2H]C([2H])([2H])c1ccc2c(n1)oc1c(-c3cc(-c4c(C)cc(C)cc4C)c(F)cn3)[c-]ccc12.[Ir]. The molecule has 7 heteroatoms. The first-order chi connectivity index (χ1) is 25.0. The van der Waals surface area contributed by atoms with Crippen molar-refractivity contribution in [1.29, 1.82) is 0 Å². The van der Waals surface area contributed by atoms with Gasteiger partial charge in [0.25, 0.3) is 0 Å². The van der Waals surface area contributed by atoms with Crippen molar-refractivity contribution in [1.82, 2.24) is 15.0 Å². The summed E-state index contributed by atoms with van der Waals surface area (Å²) in [5.74, 6) is 0.259. The molecule has 263 valence electrons. The van der Waals surface area contributed by atoms with Crippen LogP contribution < -0.4 is 5.19 Å². The number of hydrogen-bond acceptors (Lipinski definition) is 4. The number of hydrogen-bond donors (Lipinski definition) is 0. The molecule has 0 amide bonds. The maximum absolute atomic E-state index is 14.9. The summed E-state index contributed by atoms with van der Waals surface area (Å²) in [6.07, 6.45) is 4.45. The predicted molar refractivity (Wildman–Crippen MR) is 208 cm³/mol. The van der Waals surface area contributed by atoms with Crippen LogP contribution in [0, 0.1) is 51.5 Å². The third-order valence-electron chi connectivity index (χ3n) is 8.77. The summed E-state index contributed by atoms with van der Waals surface area (Å²) in [6.45, 7) is 15.3. The molecule has 4 heterocycles. The first kappa shape index (κ1) is 33.8. The first-order valence-corrected chi connectivity index (χ1v) is 20.5. The molecule has 0 N–H and O–H groups in total. The van der Waals surface area contributed by atoms with Crippen molar-refractivity contribution in [3.63, 3.8) is 0 Å². The minimum Gasteiger partial charge on any atom is -0.486 e. The van der Waals surface area contributed by atoms with Gasteiger partial charge in [-0.25, -0.2) is 9.37 Å². The number of aromatic nitrogens is 3. The second-order valence-corrected chi connectivity index (χ2v) is 19.5. The summed E-state index contributed by atoms with van der Waals surface area (Å²) in [4.78, 5) is 13.2. The average molecular weight is 873 g/mol. The monoisotopic (exact) mass is 873 g/mol. The van der Waals surface area contributed by atoms with E-state index < -0.39 is 20.7 Å². The third-order valence-corrected chi connectivity index (χ3v) is 10.8. The first-order valence-electron chi connectivity index (χ1n) is 18.5. The minimum atomic E-state index is -2.33. The average Bonchev–Trinajstić information content (AvgIpc) is 3.47. The largest absolute Gasteiger partial charge is 0.486 e. The molecule has 3 aromatic carbocycles. The van der Waals surface area contributed by atoms with E-state index in [4.69, 9.17) is 8.53 Å². The molecule has 7 rings (SSSR count). The summed E-state index contributed by atoms with van der Waals surface area (Å²) in [6, 6.07) is 29.3. The fourth-order valence-corrected chi connectivity index (χ4v) is 8.25. The number of aryl methyl sites for hydroxylation is 4. The van der Waals surface area contributed by atoms with Crippen molar-refractivity contribution in [2.45, 2.75) is 67.5 Å². The van der Waals surface area contributed by atoms with Gasteiger partial charge in [-0.2, -0.15) is 0 Å². The third kappa shape index (κ3) is 8.28. The molecule has 0 aliphatic heterocycles. The Morgan fingerprint density at radius 3 is 2.27 bits per heavy atom. The van der Waals surface area contributed by atoms with Crippen molar-refractivity contribution < 1.29 is 33.0 Å². The van der Waals surface area contributed by atoms with E-state index in [1.807, 2.05) is 57.2 Å². The van der Waals surface area contributed by atoms with E-state index in [9.17, 15) is 4.39 Å². The molecule has 0 atom stereocenters. The number of rotatable bonds is 6. The molecule has 0 bridgehead atoms. The summed E-state index contributed by atoms with van der Waals surface area (Å²) >= 11 is 0. The van der Waals surface area contributed by atoms with Gasteiger partial charge in [0.05, 0.1) is 19.9 Å². The van der Waals surface area contributed by atoms with E-state index in [-0.39, 0.29) is 31.5 Å². The van der Waals surface area contributed by atoms with Crippen molar-refractivity contribution >= 4 is 35.3 Å². The Labute approximate surface area is 320 Å². The number of halogens is 1. The topological polar surface area (TPSA) is 51.8 Å². The van der Waals surface area contributed by atoms with Crippen LogP contribution in [0.5, 0.6) is 0 Å². The van der Waals surface area contributed by atoms with Gasteiger partial charge >= 0.3 is 0 Å². The predicted octanol–water partition coefficient (Wildman–Crippen LogP) is 11.2. The fraction of sp³-hybridized carbons (Fsp3) is 0.250. The van der Waals surface area contributed by atoms with Gasteiger partial charge in [0.2, 0.25) is 5.71 Å². The van der Waals surface area contributed by atoms with Crippen LogP contribution in [0.4, 0.5) is 4.39 Å². The van der Waals surface area contributed by atoms with Crippen LogP contribution in [-0.4, -0.2) is 23.0 Å². The standard InChI is InChI=1S/C26H20FN2O.C18H24NSi.Ir/c1-14-10-15(2)24(16(3)11-14)21-12-23(28-13-22(21)27)20-7-5-6-18-19-9-8-17(4)29-26(19)30-25(18)20;1-14(2)11-16-12-17(15-9-7-6-8-10-15)19-13-18(16)20(3,4)5;/h5-6,8-13H,1-4H3;6-9,12-14H,11H2,1-5H3;/q2*-1;/i4D3;;. The Morgan fingerprint density at radius 1 is 0.863 bits per heavy atom. The number of pyridine rings is 3. The fourth-order valence-electron chi connectivity index (χ4n) is 6.67. The summed E-state index contributed by atoms with van der Waals surface area (Å²) in [7, 11) is -1.34. The molecule has 0 fully saturated rings. The normalized spacial score (nSPS) is 12.5. The molecule has 51 heavy (non-hydrogen) atoms. The van der Waals surface area contributed by atoms with Crippen LogP contribution in [-0.2, 0) is 26.5 Å². The van der Waals surface area contributed by atoms with Crippen LogP contribution in [0.3, 0.4) is 0 Å². The molecule has 0 aliphatic carbocycles. The smallest absolute Gasteiger partial charge is 0.216 e. The quantitative estimate of drug-likeness (QED) is 0.123. The molecular weight excluding hydrogens is 826 g/mol. The van der Waals surface area contributed by atoms with E-state index >= 15 is 0 Å². The molecule has 7 aromatic rings. The summed E-state index contributed by atoms with van der Waals surface area (Å²) < 4.78 is 43.7. The Kier molecular flexibility index (Phi) is 10.3. The van der Waals surface area contributed by atoms with E-state index in [0.29, 0.717) is 33.7 Å². The second kappa shape index (κ2) is 15.5. The van der Waals surface area contributed by atoms with Gasteiger partial charge in [-0.15, -0.1) is 54.1 Å². The van der Waals surface area contributed by atoms with Crippen LogP contribution in [0.1, 0.15) is 45.9 Å². The molecule has 4 aromatic heterocycles. The second-order valence-electron chi connectivity index (χ2n) is 14.4. The van der Waals surface area contributed by atoms with Crippen LogP contribution >= 0.6 is 0 Å². The zero-order valence-corrected chi connectivity index (χ0v) is 33.7. The molecule has 0 spiro atoms. The van der Waals surface area contributed by atoms with E-state index in [0.717, 1.165) is 45.3 Å². The number of fused-ring (bicyclic) bond motifs is 3. The van der Waals surface area contributed by atoms with Gasteiger partial charge in [-0.1, -0.05) is 79.8 Å². The number of benzene rings is 3. The number of furan rings is 1. The minimum absolute atomic E-state index is 0. The molecule has 0 unspecified atom stereocenters. The van der Waals surface area contributed by atoms with Gasteiger partial charge in [0, 0.05) is 47.1 Å². The van der Waals surface area contributed by atoms with Crippen molar-refractivity contribution in [3.8, 4) is 33.6 Å². The van der Waals surface area contributed by atoms with Crippen molar-refractivity contribution in [3.05, 3.63) is 131 Å². The van der Waals surface area contributed by atoms with E-state index in [1.165, 1.54) is 23.0 Å². The Balaban J connectivity index is 0.000000230. The zero-order chi connectivity index (χ0) is 38.2. The molecule has 0 aliphatic rings. The van der Waals surface area contributed by atoms with Crippen LogP contribution in [0.2, 0.25) is 19.6 Å². The van der Waals surface area contributed by atoms with Gasteiger partial charge in [-0.3, -0.25) is 0 Å². The molecule has 1 radical (unpaired) electrons. The van der Waals surface area contributed by atoms with E-state index in [2.05, 4.69) is 78.9 Å². The maximum Gasteiger partial charge on any atom is 0.216 e. The zero-order valence-electron chi connectivity index (χ0n) is 33.3. The van der Waals surface area contributed by atoms with Gasteiger partial charge in [0.1, 0.15) is 5.82 Å².